The van der Waals surface area contributed by atoms with Gasteiger partial charge in [-0.25, -0.2) is 0 Å². The van der Waals surface area contributed by atoms with Crippen molar-refractivity contribution in [3.05, 3.63) is 82.9 Å². The van der Waals surface area contributed by atoms with Gasteiger partial charge in [0.05, 0.1) is 0 Å². The van der Waals surface area contributed by atoms with E-state index in [0.717, 1.165) is 29.8 Å². The molecule has 3 aromatic carbocycles. The molecule has 5 rings (SSSR count). The molecule has 0 radical (unpaired) electrons. The van der Waals surface area contributed by atoms with E-state index in [2.05, 4.69) is 48.2 Å². The number of thiophene rings is 1. The van der Waals surface area contributed by atoms with Gasteiger partial charge in [-0.05, 0) is 121 Å². The molecule has 4 nitrogen and oxygen atoms in total. The summed E-state index contributed by atoms with van der Waals surface area (Å²) in [6, 6.07) is 20.9. The Labute approximate surface area is 212 Å². The van der Waals surface area contributed by atoms with Crippen molar-refractivity contribution in [1.82, 2.24) is 4.90 Å². The van der Waals surface area contributed by atoms with Gasteiger partial charge in [0.25, 0.3) is 0 Å². The van der Waals surface area contributed by atoms with Crippen LogP contribution in [0.15, 0.2) is 60.7 Å². The van der Waals surface area contributed by atoms with Crippen LogP contribution in [0.1, 0.15) is 35.1 Å². The maximum Gasteiger partial charge on any atom is 0.119 e. The monoisotopic (exact) mass is 486 g/mol. The first-order valence-corrected chi connectivity index (χ1v) is 13.4. The van der Waals surface area contributed by atoms with Crippen molar-refractivity contribution in [2.75, 3.05) is 32.8 Å². The summed E-state index contributed by atoms with van der Waals surface area (Å²) < 4.78 is 6.77. The SMILES string of the molecule is Cc1cc(Cc2c(-c3ccc(OCCN)cc3)sc3cc(O)ccc23)ccc1CCN1CCCC1. The molecule has 0 aliphatic carbocycles. The van der Waals surface area contributed by atoms with Crippen LogP contribution in [-0.2, 0) is 12.8 Å². The number of hydrogen-bond donors (Lipinski definition) is 2. The van der Waals surface area contributed by atoms with Crippen LogP contribution in [0.5, 0.6) is 11.5 Å². The van der Waals surface area contributed by atoms with Crippen LogP contribution in [0.25, 0.3) is 20.5 Å². The lowest BCUT2D eigenvalue weighted by Gasteiger charge is -2.16. The van der Waals surface area contributed by atoms with Gasteiger partial charge in [-0.2, -0.15) is 0 Å². The summed E-state index contributed by atoms with van der Waals surface area (Å²) in [5.41, 5.74) is 12.2. The van der Waals surface area contributed by atoms with Gasteiger partial charge in [0.15, 0.2) is 0 Å². The first-order chi connectivity index (χ1) is 17.1. The Kier molecular flexibility index (Phi) is 7.37. The molecule has 1 aliphatic heterocycles. The Balaban J connectivity index is 1.42. The third-order valence-electron chi connectivity index (χ3n) is 6.96. The Morgan fingerprint density at radius 1 is 1.00 bits per heavy atom. The fourth-order valence-corrected chi connectivity index (χ4v) is 6.32. The molecule has 0 saturated carbocycles. The first kappa shape index (κ1) is 23.9. The highest BCUT2D eigenvalue weighted by Crippen LogP contribution is 2.41. The number of aryl methyl sites for hydroxylation is 1. The Hall–Kier alpha value is -2.86. The van der Waals surface area contributed by atoms with Crippen LogP contribution < -0.4 is 10.5 Å². The highest BCUT2D eigenvalue weighted by atomic mass is 32.1. The van der Waals surface area contributed by atoms with Crippen molar-refractivity contribution < 1.29 is 9.84 Å². The lowest BCUT2D eigenvalue weighted by molar-refractivity contribution is 0.328. The summed E-state index contributed by atoms with van der Waals surface area (Å²) in [7, 11) is 0. The zero-order valence-electron chi connectivity index (χ0n) is 20.4. The molecular formula is C30H34N2O2S. The van der Waals surface area contributed by atoms with Gasteiger partial charge in [0.1, 0.15) is 18.1 Å². The van der Waals surface area contributed by atoms with E-state index in [4.69, 9.17) is 10.5 Å². The van der Waals surface area contributed by atoms with Crippen molar-refractivity contribution in [3.63, 3.8) is 0 Å². The maximum absolute atomic E-state index is 10.1. The van der Waals surface area contributed by atoms with Crippen LogP contribution in [0.3, 0.4) is 0 Å². The average molecular weight is 487 g/mol. The summed E-state index contributed by atoms with van der Waals surface area (Å²) in [6.07, 6.45) is 4.67. The summed E-state index contributed by atoms with van der Waals surface area (Å²) in [5, 5.41) is 11.3. The minimum atomic E-state index is 0.306. The Morgan fingerprint density at radius 3 is 2.54 bits per heavy atom. The molecule has 35 heavy (non-hydrogen) atoms. The highest BCUT2D eigenvalue weighted by molar-refractivity contribution is 7.22. The predicted octanol–water partition coefficient (Wildman–Crippen LogP) is 6.15. The molecule has 0 atom stereocenters. The first-order valence-electron chi connectivity index (χ1n) is 12.6. The molecule has 0 spiro atoms. The smallest absolute Gasteiger partial charge is 0.119 e. The van der Waals surface area contributed by atoms with Crippen LogP contribution in [0, 0.1) is 6.92 Å². The zero-order valence-corrected chi connectivity index (χ0v) is 21.2. The number of likely N-dealkylation sites (tertiary alicyclic amines) is 1. The molecule has 1 aromatic heterocycles. The van der Waals surface area contributed by atoms with E-state index in [1.807, 2.05) is 18.2 Å². The van der Waals surface area contributed by atoms with Crippen molar-refractivity contribution in [1.29, 1.82) is 0 Å². The lowest BCUT2D eigenvalue weighted by Crippen LogP contribution is -2.22. The topological polar surface area (TPSA) is 58.7 Å². The van der Waals surface area contributed by atoms with Gasteiger partial charge >= 0.3 is 0 Å². The van der Waals surface area contributed by atoms with Crippen molar-refractivity contribution >= 4 is 21.4 Å². The number of nitrogens with zero attached hydrogens (tertiary/aromatic N) is 1. The molecule has 0 amide bonds. The van der Waals surface area contributed by atoms with E-state index in [1.54, 1.807) is 17.4 Å². The summed E-state index contributed by atoms with van der Waals surface area (Å²) in [6.45, 7) is 6.92. The standard InChI is InChI=1S/C30H34N2O2S/c1-21-18-22(4-5-23(21)12-16-32-14-2-3-15-32)19-28-27-11-8-25(33)20-29(27)35-30(28)24-6-9-26(10-7-24)34-17-13-31/h4-11,18,20,33H,2-3,12-17,19,31H2,1H3. The molecule has 1 saturated heterocycles. The quantitative estimate of drug-likeness (QED) is 0.298. The van der Waals surface area contributed by atoms with Gasteiger partial charge in [-0.1, -0.05) is 18.2 Å². The third kappa shape index (κ3) is 5.53. The summed E-state index contributed by atoms with van der Waals surface area (Å²) in [5.74, 6) is 1.14. The number of phenols is 1. The second-order valence-electron chi connectivity index (χ2n) is 9.49. The summed E-state index contributed by atoms with van der Waals surface area (Å²) in [4.78, 5) is 3.82. The number of ether oxygens (including phenoxy) is 1. The number of hydrogen-bond acceptors (Lipinski definition) is 5. The van der Waals surface area contributed by atoms with E-state index >= 15 is 0 Å². The van der Waals surface area contributed by atoms with Crippen molar-refractivity contribution in [2.24, 2.45) is 5.73 Å². The average Bonchev–Trinajstić information content (AvgIpc) is 3.50. The number of aromatic hydroxyl groups is 1. The van der Waals surface area contributed by atoms with Gasteiger partial charge in [-0.15, -0.1) is 11.3 Å². The molecular weight excluding hydrogens is 452 g/mol. The molecule has 182 valence electrons. The summed E-state index contributed by atoms with van der Waals surface area (Å²) >= 11 is 1.74. The number of benzene rings is 3. The van der Waals surface area contributed by atoms with Crippen LogP contribution in [-0.4, -0.2) is 42.8 Å². The Morgan fingerprint density at radius 2 is 1.80 bits per heavy atom. The van der Waals surface area contributed by atoms with Crippen LogP contribution in [0.4, 0.5) is 0 Å². The number of rotatable bonds is 9. The van der Waals surface area contributed by atoms with E-state index in [9.17, 15) is 5.11 Å². The van der Waals surface area contributed by atoms with Gasteiger partial charge in [0, 0.05) is 22.7 Å². The lowest BCUT2D eigenvalue weighted by atomic mass is 9.95. The van der Waals surface area contributed by atoms with E-state index in [0.29, 0.717) is 18.9 Å². The molecule has 1 fully saturated rings. The van der Waals surface area contributed by atoms with Gasteiger partial charge in [0.2, 0.25) is 0 Å². The van der Waals surface area contributed by atoms with Crippen LogP contribution in [0.2, 0.25) is 0 Å². The molecule has 3 N–H and O–H groups in total. The van der Waals surface area contributed by atoms with E-state index in [1.165, 1.54) is 64.0 Å². The molecule has 4 aromatic rings. The predicted molar refractivity (Wildman–Crippen MR) is 147 cm³/mol. The largest absolute Gasteiger partial charge is 0.508 e. The fourth-order valence-electron chi connectivity index (χ4n) is 5.06. The highest BCUT2D eigenvalue weighted by Gasteiger charge is 2.16. The normalized spacial score (nSPS) is 14.1. The van der Waals surface area contributed by atoms with E-state index in [-0.39, 0.29) is 0 Å². The van der Waals surface area contributed by atoms with Gasteiger partial charge < -0.3 is 20.5 Å². The zero-order chi connectivity index (χ0) is 24.2. The van der Waals surface area contributed by atoms with E-state index < -0.39 is 0 Å². The fraction of sp³-hybridized carbons (Fsp3) is 0.333. The Bertz CT molecular complexity index is 1290. The minimum Gasteiger partial charge on any atom is -0.508 e. The second kappa shape index (κ2) is 10.8. The molecule has 5 heteroatoms. The molecule has 0 bridgehead atoms. The van der Waals surface area contributed by atoms with Crippen molar-refractivity contribution in [2.45, 2.75) is 32.6 Å². The van der Waals surface area contributed by atoms with Gasteiger partial charge in [-0.3, -0.25) is 0 Å². The second-order valence-corrected chi connectivity index (χ2v) is 10.5. The number of nitrogens with two attached hydrogens (primary N) is 1. The minimum absolute atomic E-state index is 0.306. The molecule has 2 heterocycles. The maximum atomic E-state index is 10.1. The van der Waals surface area contributed by atoms with Crippen LogP contribution >= 0.6 is 11.3 Å². The van der Waals surface area contributed by atoms with Crippen molar-refractivity contribution in [3.8, 4) is 21.9 Å². The number of fused-ring (bicyclic) bond motifs is 1. The third-order valence-corrected chi connectivity index (χ3v) is 8.21. The molecule has 0 unspecified atom stereocenters. The molecule has 1 aliphatic rings. The number of phenolic OH excluding ortho intramolecular Hbond substituents is 1.